The lowest BCUT2D eigenvalue weighted by Gasteiger charge is -2.16. The van der Waals surface area contributed by atoms with Gasteiger partial charge in [-0.1, -0.05) is 43.2 Å². The van der Waals surface area contributed by atoms with Gasteiger partial charge >= 0.3 is 0 Å². The van der Waals surface area contributed by atoms with Crippen molar-refractivity contribution in [3.05, 3.63) is 41.6 Å². The number of aromatic nitrogens is 3. The van der Waals surface area contributed by atoms with Crippen LogP contribution in [0, 0.1) is 6.92 Å². The molecule has 0 amide bonds. The van der Waals surface area contributed by atoms with Gasteiger partial charge in [-0.25, -0.2) is 0 Å². The van der Waals surface area contributed by atoms with Gasteiger partial charge in [0.15, 0.2) is 5.82 Å². The normalized spacial score (nSPS) is 10.4. The summed E-state index contributed by atoms with van der Waals surface area (Å²) in [6, 6.07) is 8.42. The second kappa shape index (κ2) is 7.57. The van der Waals surface area contributed by atoms with E-state index in [0.29, 0.717) is 5.95 Å². The highest BCUT2D eigenvalue weighted by Gasteiger charge is 2.05. The maximum Gasteiger partial charge on any atom is 0.247 e. The van der Waals surface area contributed by atoms with Crippen molar-refractivity contribution in [1.82, 2.24) is 15.2 Å². The number of hydrogen-bond donors (Lipinski definition) is 1. The first-order chi connectivity index (χ1) is 10.2. The predicted molar refractivity (Wildman–Crippen MR) is 86.5 cm³/mol. The van der Waals surface area contributed by atoms with Crippen molar-refractivity contribution >= 4 is 11.8 Å². The molecule has 2 aromatic rings. The van der Waals surface area contributed by atoms with Gasteiger partial charge in [0, 0.05) is 20.1 Å². The highest BCUT2D eigenvalue weighted by Crippen LogP contribution is 2.11. The van der Waals surface area contributed by atoms with E-state index < -0.39 is 0 Å². The fourth-order valence-electron chi connectivity index (χ4n) is 2.05. The standard InChI is InChI=1S/C16H23N5/c1-4-5-9-21(3)16-19-15(12-18-20-16)17-11-14-8-6-7-13(2)10-14/h6-8,10,12H,4-5,9,11H2,1-3H3,(H,17,19,20). The Labute approximate surface area is 126 Å². The Morgan fingerprint density at radius 3 is 2.90 bits per heavy atom. The molecule has 1 N–H and O–H groups in total. The highest BCUT2D eigenvalue weighted by atomic mass is 15.3. The topological polar surface area (TPSA) is 53.9 Å². The van der Waals surface area contributed by atoms with Crippen molar-refractivity contribution in [2.45, 2.75) is 33.2 Å². The molecule has 0 aliphatic heterocycles. The van der Waals surface area contributed by atoms with Gasteiger partial charge in [-0.05, 0) is 18.9 Å². The molecule has 21 heavy (non-hydrogen) atoms. The summed E-state index contributed by atoms with van der Waals surface area (Å²) in [6.07, 6.45) is 3.94. The number of unbranched alkanes of at least 4 members (excludes halogenated alkanes) is 1. The minimum Gasteiger partial charge on any atom is -0.365 e. The second-order valence-electron chi connectivity index (χ2n) is 5.26. The molecule has 0 aliphatic rings. The first-order valence-corrected chi connectivity index (χ1v) is 7.39. The average Bonchev–Trinajstić information content (AvgIpc) is 2.51. The third kappa shape index (κ3) is 4.70. The summed E-state index contributed by atoms with van der Waals surface area (Å²) in [5, 5.41) is 11.4. The summed E-state index contributed by atoms with van der Waals surface area (Å²) in [6.45, 7) is 5.95. The number of nitrogens with zero attached hydrogens (tertiary/aromatic N) is 4. The molecule has 1 aromatic carbocycles. The van der Waals surface area contributed by atoms with Crippen molar-refractivity contribution in [1.29, 1.82) is 0 Å². The van der Waals surface area contributed by atoms with Crippen molar-refractivity contribution < 1.29 is 0 Å². The van der Waals surface area contributed by atoms with Crippen molar-refractivity contribution in [3.8, 4) is 0 Å². The molecule has 0 radical (unpaired) electrons. The maximum atomic E-state index is 4.50. The summed E-state index contributed by atoms with van der Waals surface area (Å²) in [7, 11) is 2.00. The van der Waals surface area contributed by atoms with Crippen LogP contribution in [0.3, 0.4) is 0 Å². The lowest BCUT2D eigenvalue weighted by molar-refractivity contribution is 0.740. The van der Waals surface area contributed by atoms with E-state index in [-0.39, 0.29) is 0 Å². The van der Waals surface area contributed by atoms with Crippen LogP contribution in [0.4, 0.5) is 11.8 Å². The van der Waals surface area contributed by atoms with Crippen LogP contribution in [0.5, 0.6) is 0 Å². The van der Waals surface area contributed by atoms with Crippen LogP contribution in [-0.4, -0.2) is 28.8 Å². The van der Waals surface area contributed by atoms with Crippen LogP contribution in [-0.2, 0) is 6.54 Å². The Kier molecular flexibility index (Phi) is 5.49. The SMILES string of the molecule is CCCCN(C)c1nncc(NCc2cccc(C)c2)n1. The van der Waals surface area contributed by atoms with Gasteiger partial charge in [0.1, 0.15) is 0 Å². The summed E-state index contributed by atoms with van der Waals surface area (Å²) < 4.78 is 0. The molecule has 0 aliphatic carbocycles. The minimum atomic E-state index is 0.665. The molecule has 0 unspecified atom stereocenters. The lowest BCUT2D eigenvalue weighted by atomic mass is 10.1. The van der Waals surface area contributed by atoms with Gasteiger partial charge in [-0.3, -0.25) is 0 Å². The highest BCUT2D eigenvalue weighted by molar-refractivity contribution is 5.39. The minimum absolute atomic E-state index is 0.665. The van der Waals surface area contributed by atoms with E-state index in [1.807, 2.05) is 11.9 Å². The molecular weight excluding hydrogens is 262 g/mol. The Bertz CT molecular complexity index is 570. The molecule has 0 fully saturated rings. The Hall–Kier alpha value is -2.17. The molecule has 0 saturated carbocycles. The van der Waals surface area contributed by atoms with E-state index in [1.165, 1.54) is 11.1 Å². The first kappa shape index (κ1) is 15.2. The fourth-order valence-corrected chi connectivity index (χ4v) is 2.05. The van der Waals surface area contributed by atoms with E-state index in [4.69, 9.17) is 0 Å². The summed E-state index contributed by atoms with van der Waals surface area (Å²) in [4.78, 5) is 6.54. The molecular formula is C16H23N5. The molecule has 5 heteroatoms. The molecule has 1 aromatic heterocycles. The summed E-state index contributed by atoms with van der Waals surface area (Å²) in [5.41, 5.74) is 2.49. The van der Waals surface area contributed by atoms with E-state index in [9.17, 15) is 0 Å². The zero-order chi connectivity index (χ0) is 15.1. The quantitative estimate of drug-likeness (QED) is 0.847. The number of hydrogen-bond acceptors (Lipinski definition) is 5. The monoisotopic (exact) mass is 285 g/mol. The molecule has 0 saturated heterocycles. The first-order valence-electron chi connectivity index (χ1n) is 7.39. The summed E-state index contributed by atoms with van der Waals surface area (Å²) >= 11 is 0. The van der Waals surface area contributed by atoms with Crippen LogP contribution in [0.2, 0.25) is 0 Å². The Morgan fingerprint density at radius 2 is 2.14 bits per heavy atom. The van der Waals surface area contributed by atoms with Crippen LogP contribution in [0.1, 0.15) is 30.9 Å². The molecule has 2 rings (SSSR count). The van der Waals surface area contributed by atoms with Gasteiger partial charge in [0.25, 0.3) is 0 Å². The number of benzene rings is 1. The van der Waals surface area contributed by atoms with Crippen LogP contribution >= 0.6 is 0 Å². The molecule has 5 nitrogen and oxygen atoms in total. The van der Waals surface area contributed by atoms with Crippen molar-refractivity contribution in [2.24, 2.45) is 0 Å². The van der Waals surface area contributed by atoms with E-state index >= 15 is 0 Å². The van der Waals surface area contributed by atoms with Gasteiger partial charge in [-0.2, -0.15) is 10.1 Å². The van der Waals surface area contributed by atoms with Gasteiger partial charge in [0.05, 0.1) is 6.20 Å². The molecule has 0 atom stereocenters. The summed E-state index contributed by atoms with van der Waals surface area (Å²) in [5.74, 6) is 1.42. The van der Waals surface area contributed by atoms with E-state index in [0.717, 1.165) is 31.7 Å². The number of anilines is 2. The maximum absolute atomic E-state index is 4.50. The van der Waals surface area contributed by atoms with Gasteiger partial charge in [-0.15, -0.1) is 5.10 Å². The van der Waals surface area contributed by atoms with Crippen LogP contribution < -0.4 is 10.2 Å². The largest absolute Gasteiger partial charge is 0.365 e. The zero-order valence-electron chi connectivity index (χ0n) is 13.0. The molecule has 0 spiro atoms. The van der Waals surface area contributed by atoms with Crippen molar-refractivity contribution in [2.75, 3.05) is 23.8 Å². The Morgan fingerprint density at radius 1 is 1.29 bits per heavy atom. The van der Waals surface area contributed by atoms with Crippen molar-refractivity contribution in [3.63, 3.8) is 0 Å². The predicted octanol–water partition coefficient (Wildman–Crippen LogP) is 3.03. The van der Waals surface area contributed by atoms with Crippen LogP contribution in [0.25, 0.3) is 0 Å². The molecule has 0 bridgehead atoms. The smallest absolute Gasteiger partial charge is 0.247 e. The third-order valence-electron chi connectivity index (χ3n) is 3.29. The molecule has 1 heterocycles. The Balaban J connectivity index is 1.97. The van der Waals surface area contributed by atoms with E-state index in [2.05, 4.69) is 58.6 Å². The van der Waals surface area contributed by atoms with Crippen LogP contribution in [0.15, 0.2) is 30.5 Å². The second-order valence-corrected chi connectivity index (χ2v) is 5.26. The number of aryl methyl sites for hydroxylation is 1. The molecule has 112 valence electrons. The zero-order valence-corrected chi connectivity index (χ0v) is 13.0. The number of nitrogens with one attached hydrogen (secondary N) is 1. The van der Waals surface area contributed by atoms with E-state index in [1.54, 1.807) is 6.20 Å². The lowest BCUT2D eigenvalue weighted by Crippen LogP contribution is -2.21. The van der Waals surface area contributed by atoms with Gasteiger partial charge in [0.2, 0.25) is 5.95 Å². The van der Waals surface area contributed by atoms with Gasteiger partial charge < -0.3 is 10.2 Å². The third-order valence-corrected chi connectivity index (χ3v) is 3.29. The average molecular weight is 285 g/mol. The fraction of sp³-hybridized carbons (Fsp3) is 0.438. The number of rotatable bonds is 7.